The van der Waals surface area contributed by atoms with Crippen molar-refractivity contribution in [2.24, 2.45) is 23.2 Å². The zero-order valence-corrected chi connectivity index (χ0v) is 9.37. The molecule has 0 N–H and O–H groups in total. The Hall–Kier alpha value is -0.920. The highest BCUT2D eigenvalue weighted by atomic mass is 16.1. The van der Waals surface area contributed by atoms with E-state index in [2.05, 4.69) is 6.08 Å². The lowest BCUT2D eigenvalue weighted by Gasteiger charge is -2.42. The number of hydrogen-bond donors (Lipinski definition) is 0. The average Bonchev–Trinajstić information content (AvgIpc) is 2.84. The van der Waals surface area contributed by atoms with Crippen molar-refractivity contribution in [3.8, 4) is 0 Å². The molecule has 2 heteroatoms. The molecule has 0 heterocycles. The summed E-state index contributed by atoms with van der Waals surface area (Å²) < 4.78 is 0. The summed E-state index contributed by atoms with van der Waals surface area (Å²) in [7, 11) is 0. The van der Waals surface area contributed by atoms with Crippen LogP contribution in [0.2, 0.25) is 0 Å². The molecule has 84 valence electrons. The summed E-state index contributed by atoms with van der Waals surface area (Å²) in [5, 5.41) is 0. The van der Waals surface area contributed by atoms with Crippen LogP contribution in [0.3, 0.4) is 0 Å². The van der Waals surface area contributed by atoms with Crippen LogP contribution < -0.4 is 0 Å². The van der Waals surface area contributed by atoms with Crippen LogP contribution in [-0.4, -0.2) is 11.6 Å². The first-order valence-electron chi connectivity index (χ1n) is 6.49. The largest absolute Gasteiger partial charge is 0.299 e. The summed E-state index contributed by atoms with van der Waals surface area (Å²) >= 11 is 0. The van der Waals surface area contributed by atoms with E-state index < -0.39 is 0 Å². The second kappa shape index (κ2) is 2.66. The second-order valence-electron chi connectivity index (χ2n) is 5.91. The van der Waals surface area contributed by atoms with Crippen molar-refractivity contribution in [1.29, 1.82) is 0 Å². The van der Waals surface area contributed by atoms with Gasteiger partial charge in [-0.3, -0.25) is 9.59 Å². The standard InChI is InChI=1S/C14H16O2/c15-12-6-5-11-13(16)7-9-2-1-8-3-4-10(12)14(8,9)11/h3,9-11H,1-2,4-7H2/t9-,10+,11-,14?/m0/s1. The van der Waals surface area contributed by atoms with Crippen LogP contribution in [0.5, 0.6) is 0 Å². The van der Waals surface area contributed by atoms with Gasteiger partial charge in [0.2, 0.25) is 0 Å². The number of hydrogen-bond acceptors (Lipinski definition) is 2. The van der Waals surface area contributed by atoms with E-state index in [0.717, 1.165) is 32.1 Å². The number of carbonyl (C=O) groups excluding carboxylic acids is 2. The molecule has 4 rings (SSSR count). The second-order valence-corrected chi connectivity index (χ2v) is 5.91. The first-order valence-corrected chi connectivity index (χ1v) is 6.49. The predicted octanol–water partition coefficient (Wildman–Crippen LogP) is 2.28. The average molecular weight is 216 g/mol. The monoisotopic (exact) mass is 216 g/mol. The molecule has 4 aliphatic carbocycles. The van der Waals surface area contributed by atoms with Crippen molar-refractivity contribution in [3.63, 3.8) is 0 Å². The van der Waals surface area contributed by atoms with E-state index in [1.165, 1.54) is 5.57 Å². The van der Waals surface area contributed by atoms with Gasteiger partial charge >= 0.3 is 0 Å². The molecular formula is C14H16O2. The topological polar surface area (TPSA) is 34.1 Å². The van der Waals surface area contributed by atoms with E-state index in [1.54, 1.807) is 0 Å². The van der Waals surface area contributed by atoms with Crippen molar-refractivity contribution < 1.29 is 9.59 Å². The molecule has 0 amide bonds. The fourth-order valence-corrected chi connectivity index (χ4v) is 5.22. The third kappa shape index (κ3) is 0.761. The van der Waals surface area contributed by atoms with Crippen molar-refractivity contribution >= 4 is 11.6 Å². The molecule has 0 aromatic heterocycles. The van der Waals surface area contributed by atoms with Crippen LogP contribution in [-0.2, 0) is 9.59 Å². The number of rotatable bonds is 0. The molecule has 1 unspecified atom stereocenters. The lowest BCUT2D eigenvalue weighted by atomic mass is 9.59. The van der Waals surface area contributed by atoms with Gasteiger partial charge in [0.1, 0.15) is 11.6 Å². The van der Waals surface area contributed by atoms with E-state index in [9.17, 15) is 9.59 Å². The minimum Gasteiger partial charge on any atom is -0.299 e. The Morgan fingerprint density at radius 2 is 1.94 bits per heavy atom. The molecule has 0 aromatic carbocycles. The van der Waals surface area contributed by atoms with E-state index in [-0.39, 0.29) is 17.3 Å². The number of carbonyl (C=O) groups is 2. The van der Waals surface area contributed by atoms with E-state index in [4.69, 9.17) is 0 Å². The summed E-state index contributed by atoms with van der Waals surface area (Å²) in [5.74, 6) is 1.78. The predicted molar refractivity (Wildman–Crippen MR) is 58.7 cm³/mol. The van der Waals surface area contributed by atoms with Crippen molar-refractivity contribution in [2.45, 2.75) is 38.5 Å². The van der Waals surface area contributed by atoms with Crippen molar-refractivity contribution in [2.75, 3.05) is 0 Å². The highest BCUT2D eigenvalue weighted by molar-refractivity contribution is 5.93. The maximum atomic E-state index is 12.1. The summed E-state index contributed by atoms with van der Waals surface area (Å²) in [6, 6.07) is 0. The SMILES string of the molecule is O=C1CC[C@H]2C(=O)C[C@@H]3CCC4=CC[C@H]1C432. The summed E-state index contributed by atoms with van der Waals surface area (Å²) in [4.78, 5) is 24.2. The first kappa shape index (κ1) is 9.15. The minimum atomic E-state index is 0.0341. The quantitative estimate of drug-likeness (QED) is 0.582. The molecule has 1 spiro atoms. The van der Waals surface area contributed by atoms with Crippen molar-refractivity contribution in [3.05, 3.63) is 11.6 Å². The Balaban J connectivity index is 1.93. The van der Waals surface area contributed by atoms with Crippen LogP contribution in [0.15, 0.2) is 11.6 Å². The molecule has 0 aliphatic heterocycles. The Bertz CT molecular complexity index is 434. The number of ketones is 2. The molecule has 0 aromatic rings. The van der Waals surface area contributed by atoms with Gasteiger partial charge < -0.3 is 0 Å². The van der Waals surface area contributed by atoms with Gasteiger partial charge in [-0.1, -0.05) is 11.6 Å². The van der Waals surface area contributed by atoms with Gasteiger partial charge in [-0.2, -0.15) is 0 Å². The van der Waals surface area contributed by atoms with Gasteiger partial charge in [-0.15, -0.1) is 0 Å². The highest BCUT2D eigenvalue weighted by Crippen LogP contribution is 2.68. The van der Waals surface area contributed by atoms with Crippen LogP contribution in [0.1, 0.15) is 38.5 Å². The Labute approximate surface area is 95.1 Å². The molecule has 4 aliphatic rings. The van der Waals surface area contributed by atoms with Crippen LogP contribution in [0, 0.1) is 23.2 Å². The minimum absolute atomic E-state index is 0.0341. The molecule has 0 saturated heterocycles. The smallest absolute Gasteiger partial charge is 0.137 e. The van der Waals surface area contributed by atoms with E-state index in [1.807, 2.05) is 0 Å². The van der Waals surface area contributed by atoms with E-state index in [0.29, 0.717) is 23.9 Å². The fraction of sp³-hybridized carbons (Fsp3) is 0.714. The van der Waals surface area contributed by atoms with Gasteiger partial charge in [-0.25, -0.2) is 0 Å². The van der Waals surface area contributed by atoms with E-state index >= 15 is 0 Å². The van der Waals surface area contributed by atoms with Gasteiger partial charge in [0.25, 0.3) is 0 Å². The lowest BCUT2D eigenvalue weighted by molar-refractivity contribution is -0.134. The summed E-state index contributed by atoms with van der Waals surface area (Å²) in [5.41, 5.74) is 1.51. The molecule has 2 nitrogen and oxygen atoms in total. The summed E-state index contributed by atoms with van der Waals surface area (Å²) in [6.07, 6.45) is 7.76. The fourth-order valence-electron chi connectivity index (χ4n) is 5.22. The third-order valence-corrected chi connectivity index (χ3v) is 5.65. The molecule has 16 heavy (non-hydrogen) atoms. The van der Waals surface area contributed by atoms with Crippen LogP contribution >= 0.6 is 0 Å². The Morgan fingerprint density at radius 1 is 1.06 bits per heavy atom. The molecule has 0 radical (unpaired) electrons. The Morgan fingerprint density at radius 3 is 2.81 bits per heavy atom. The van der Waals surface area contributed by atoms with Crippen LogP contribution in [0.4, 0.5) is 0 Å². The maximum absolute atomic E-state index is 12.1. The number of allylic oxidation sites excluding steroid dienone is 2. The van der Waals surface area contributed by atoms with Crippen molar-refractivity contribution in [1.82, 2.24) is 0 Å². The lowest BCUT2D eigenvalue weighted by Crippen LogP contribution is -2.44. The number of Topliss-reactive ketones (excluding diaryl/α,β-unsaturated/α-hetero) is 2. The van der Waals surface area contributed by atoms with Gasteiger partial charge in [-0.05, 0) is 31.6 Å². The zero-order chi connectivity index (χ0) is 10.9. The molecule has 3 saturated carbocycles. The molecular weight excluding hydrogens is 200 g/mol. The first-order chi connectivity index (χ1) is 7.74. The molecule has 0 bridgehead atoms. The molecule has 4 atom stereocenters. The Kier molecular flexibility index (Phi) is 1.52. The highest BCUT2D eigenvalue weighted by Gasteiger charge is 2.66. The summed E-state index contributed by atoms with van der Waals surface area (Å²) in [6.45, 7) is 0. The van der Waals surface area contributed by atoms with Gasteiger partial charge in [0.15, 0.2) is 0 Å². The van der Waals surface area contributed by atoms with Crippen LogP contribution in [0.25, 0.3) is 0 Å². The normalized spacial score (nSPS) is 49.2. The van der Waals surface area contributed by atoms with Gasteiger partial charge in [0, 0.05) is 30.1 Å². The zero-order valence-electron chi connectivity index (χ0n) is 9.37. The maximum Gasteiger partial charge on any atom is 0.137 e. The molecule has 3 fully saturated rings. The van der Waals surface area contributed by atoms with Gasteiger partial charge in [0.05, 0.1) is 0 Å². The third-order valence-electron chi connectivity index (χ3n) is 5.65.